The summed E-state index contributed by atoms with van der Waals surface area (Å²) in [6.07, 6.45) is 1.91. The van der Waals surface area contributed by atoms with Crippen LogP contribution in [0.3, 0.4) is 0 Å². The minimum Gasteiger partial charge on any atom is -1.00 e. The second-order valence-corrected chi connectivity index (χ2v) is 1.55. The van der Waals surface area contributed by atoms with Crippen LogP contribution in [0.5, 0.6) is 0 Å². The smallest absolute Gasteiger partial charge is 0.176 e. The van der Waals surface area contributed by atoms with E-state index in [2.05, 4.69) is 4.98 Å². The van der Waals surface area contributed by atoms with E-state index in [1.165, 1.54) is 5.69 Å². The number of aromatic amines is 1. The van der Waals surface area contributed by atoms with Crippen LogP contribution in [0.25, 0.3) is 0 Å². The molecule has 1 aromatic heterocycles. The summed E-state index contributed by atoms with van der Waals surface area (Å²) in [5.41, 5.74) is 1.20. The van der Waals surface area contributed by atoms with Gasteiger partial charge in [0.2, 0.25) is 0 Å². The van der Waals surface area contributed by atoms with Crippen LogP contribution in [0.15, 0.2) is 24.4 Å². The summed E-state index contributed by atoms with van der Waals surface area (Å²) in [5, 5.41) is 0. The van der Waals surface area contributed by atoms with Gasteiger partial charge in [-0.05, 0) is 0 Å². The number of hydrogen-bond acceptors (Lipinski definition) is 0. The van der Waals surface area contributed by atoms with Crippen LogP contribution in [-0.2, 0) is 0 Å². The summed E-state index contributed by atoms with van der Waals surface area (Å²) in [6, 6.07) is 6.00. The molecule has 1 rings (SSSR count). The zero-order chi connectivity index (χ0) is 5.11. The van der Waals surface area contributed by atoms with Crippen LogP contribution in [-0.4, -0.2) is 0 Å². The van der Waals surface area contributed by atoms with Gasteiger partial charge < -0.3 is 36.4 Å². The van der Waals surface area contributed by atoms with Crippen molar-refractivity contribution < 1.29 is 41.4 Å². The molecule has 0 aliphatic carbocycles. The van der Waals surface area contributed by atoms with E-state index in [4.69, 9.17) is 0 Å². The minimum absolute atomic E-state index is 0. The largest absolute Gasteiger partial charge is 1.00 e. The number of rotatable bonds is 0. The molecule has 1 N–H and O–H groups in total. The second kappa shape index (κ2) is 6.29. The van der Waals surface area contributed by atoms with Crippen molar-refractivity contribution in [2.24, 2.45) is 0 Å². The number of aryl methyl sites for hydroxylation is 1. The van der Waals surface area contributed by atoms with Crippen LogP contribution >= 0.6 is 0 Å². The molecule has 0 aliphatic heterocycles. The predicted molar refractivity (Wildman–Crippen MR) is 27.7 cm³/mol. The van der Waals surface area contributed by atoms with Crippen LogP contribution in [0.4, 0.5) is 0 Å². The van der Waals surface area contributed by atoms with E-state index in [9.17, 15) is 0 Å². The molecule has 3 heteroatoms. The molecule has 9 heavy (non-hydrogen) atoms. The molecule has 0 fully saturated rings. The molecule has 0 saturated heterocycles. The highest BCUT2D eigenvalue weighted by molar-refractivity contribution is 4.92. The van der Waals surface area contributed by atoms with Crippen LogP contribution in [0, 0.1) is 6.92 Å². The first-order chi connectivity index (χ1) is 3.39. The predicted octanol–water partition coefficient (Wildman–Crippen LogP) is -5.18. The first kappa shape index (κ1) is 11.9. The van der Waals surface area contributed by atoms with Gasteiger partial charge in [0.25, 0.3) is 0 Å². The maximum absolute atomic E-state index is 3.03. The SMILES string of the molecule is Cc1cccc[nH+]1.[Cl-].[I-]. The molecule has 1 heterocycles. The maximum atomic E-state index is 3.03. The molecular formula is C6H8ClIN-. The van der Waals surface area contributed by atoms with Gasteiger partial charge in [-0.2, -0.15) is 0 Å². The molecule has 0 amide bonds. The lowest BCUT2D eigenvalue weighted by molar-refractivity contribution is -0.387. The van der Waals surface area contributed by atoms with Gasteiger partial charge in [0.1, 0.15) is 0 Å². The summed E-state index contributed by atoms with van der Waals surface area (Å²) in [4.78, 5) is 3.03. The van der Waals surface area contributed by atoms with Crippen molar-refractivity contribution >= 4 is 0 Å². The molecule has 0 unspecified atom stereocenters. The quantitative estimate of drug-likeness (QED) is 0.412. The Kier molecular flexibility index (Phi) is 8.32. The lowest BCUT2D eigenvalue weighted by Gasteiger charge is -1.74. The van der Waals surface area contributed by atoms with Crippen molar-refractivity contribution in [3.05, 3.63) is 30.1 Å². The monoisotopic (exact) mass is 256 g/mol. The first-order valence-corrected chi connectivity index (χ1v) is 2.33. The third kappa shape index (κ3) is 4.66. The van der Waals surface area contributed by atoms with E-state index in [1.807, 2.05) is 31.3 Å². The molecule has 0 aromatic carbocycles. The van der Waals surface area contributed by atoms with Crippen molar-refractivity contribution in [2.75, 3.05) is 0 Å². The van der Waals surface area contributed by atoms with Gasteiger partial charge >= 0.3 is 0 Å². The molecule has 0 spiro atoms. The standard InChI is InChI=1S/C6H7N.ClH.HI/c1-6-4-2-3-5-7-6;;/h2-5H,1H3;2*1H/p-1. The fourth-order valence-electron chi connectivity index (χ4n) is 0.483. The Morgan fingerprint density at radius 1 is 1.33 bits per heavy atom. The third-order valence-corrected chi connectivity index (χ3v) is 0.865. The Morgan fingerprint density at radius 3 is 2.22 bits per heavy atom. The molecular weight excluding hydrogens is 248 g/mol. The highest BCUT2D eigenvalue weighted by Gasteiger charge is 1.81. The van der Waals surface area contributed by atoms with Gasteiger partial charge in [-0.15, -0.1) is 0 Å². The van der Waals surface area contributed by atoms with Crippen LogP contribution < -0.4 is 41.4 Å². The van der Waals surface area contributed by atoms with Gasteiger partial charge in [0.15, 0.2) is 11.9 Å². The molecule has 0 atom stereocenters. The van der Waals surface area contributed by atoms with Gasteiger partial charge in [-0.25, -0.2) is 4.98 Å². The van der Waals surface area contributed by atoms with E-state index in [1.54, 1.807) is 0 Å². The Balaban J connectivity index is 0. The van der Waals surface area contributed by atoms with Crippen molar-refractivity contribution in [1.82, 2.24) is 0 Å². The lowest BCUT2D eigenvalue weighted by Crippen LogP contribution is -3.00. The molecule has 0 bridgehead atoms. The Morgan fingerprint density at radius 2 is 2.00 bits per heavy atom. The highest BCUT2D eigenvalue weighted by Crippen LogP contribution is 1.80. The Bertz CT molecular complexity index is 143. The molecule has 0 radical (unpaired) electrons. The number of halogens is 2. The van der Waals surface area contributed by atoms with Crippen LogP contribution in [0.1, 0.15) is 5.69 Å². The summed E-state index contributed by atoms with van der Waals surface area (Å²) in [5.74, 6) is 0. The van der Waals surface area contributed by atoms with E-state index in [-0.39, 0.29) is 36.4 Å². The zero-order valence-electron chi connectivity index (χ0n) is 5.07. The minimum atomic E-state index is 0. The average molecular weight is 256 g/mol. The van der Waals surface area contributed by atoms with Gasteiger partial charge in [0.05, 0.1) is 0 Å². The molecule has 1 aromatic rings. The fraction of sp³-hybridized carbons (Fsp3) is 0.167. The number of pyridine rings is 1. The van der Waals surface area contributed by atoms with E-state index < -0.39 is 0 Å². The Hall–Kier alpha value is 0.170. The number of hydrogen-bond donors (Lipinski definition) is 0. The maximum Gasteiger partial charge on any atom is 0.176 e. The number of aromatic nitrogens is 1. The molecule has 0 aliphatic rings. The Labute approximate surface area is 78.3 Å². The van der Waals surface area contributed by atoms with Crippen molar-refractivity contribution in [1.29, 1.82) is 0 Å². The van der Waals surface area contributed by atoms with Crippen molar-refractivity contribution in [3.63, 3.8) is 0 Å². The van der Waals surface area contributed by atoms with E-state index >= 15 is 0 Å². The fourth-order valence-corrected chi connectivity index (χ4v) is 0.483. The average Bonchev–Trinajstić information content (AvgIpc) is 1.69. The van der Waals surface area contributed by atoms with Crippen LogP contribution in [0.2, 0.25) is 0 Å². The molecule has 52 valence electrons. The van der Waals surface area contributed by atoms with Crippen molar-refractivity contribution in [3.8, 4) is 0 Å². The van der Waals surface area contributed by atoms with E-state index in [0.717, 1.165) is 0 Å². The van der Waals surface area contributed by atoms with Gasteiger partial charge in [-0.3, -0.25) is 0 Å². The second-order valence-electron chi connectivity index (χ2n) is 1.55. The number of nitrogens with one attached hydrogen (secondary N) is 1. The lowest BCUT2D eigenvalue weighted by atomic mass is 10.4. The summed E-state index contributed by atoms with van der Waals surface area (Å²) >= 11 is 0. The summed E-state index contributed by atoms with van der Waals surface area (Å²) in [7, 11) is 0. The summed E-state index contributed by atoms with van der Waals surface area (Å²) in [6.45, 7) is 2.03. The first-order valence-electron chi connectivity index (χ1n) is 2.33. The third-order valence-electron chi connectivity index (χ3n) is 0.865. The van der Waals surface area contributed by atoms with E-state index in [0.29, 0.717) is 0 Å². The van der Waals surface area contributed by atoms with Gasteiger partial charge in [-0.1, -0.05) is 6.07 Å². The molecule has 1 nitrogen and oxygen atoms in total. The summed E-state index contributed by atoms with van der Waals surface area (Å²) < 4.78 is 0. The topological polar surface area (TPSA) is 14.1 Å². The normalized spacial score (nSPS) is 6.78. The highest BCUT2D eigenvalue weighted by atomic mass is 127. The van der Waals surface area contributed by atoms with Crippen molar-refractivity contribution in [2.45, 2.75) is 6.92 Å². The molecule has 0 saturated carbocycles. The zero-order valence-corrected chi connectivity index (χ0v) is 7.98. The van der Waals surface area contributed by atoms with Gasteiger partial charge in [0, 0.05) is 19.1 Å². The number of H-pyrrole nitrogens is 1.